The number of hydrogen-bond acceptors (Lipinski definition) is 3. The van der Waals surface area contributed by atoms with Crippen molar-refractivity contribution in [1.29, 1.82) is 0 Å². The highest BCUT2D eigenvalue weighted by atomic mass is 16.5. The second kappa shape index (κ2) is 4.23. The molecule has 1 N–H and O–H groups in total. The number of aromatic hydroxyl groups is 1. The van der Waals surface area contributed by atoms with Crippen LogP contribution in [0.4, 0.5) is 0 Å². The van der Waals surface area contributed by atoms with Crippen molar-refractivity contribution >= 4 is 0 Å². The Balaban J connectivity index is 2.26. The van der Waals surface area contributed by atoms with Crippen LogP contribution in [-0.2, 0) is 4.74 Å². The molecule has 1 aliphatic rings. The van der Waals surface area contributed by atoms with Crippen LogP contribution >= 0.6 is 0 Å². The van der Waals surface area contributed by atoms with Crippen molar-refractivity contribution in [2.45, 2.75) is 45.3 Å². The molecular formula is C11H18N2O2. The van der Waals surface area contributed by atoms with Crippen LogP contribution in [0.3, 0.4) is 0 Å². The summed E-state index contributed by atoms with van der Waals surface area (Å²) < 4.78 is 7.49. The van der Waals surface area contributed by atoms with E-state index in [2.05, 4.69) is 18.9 Å². The van der Waals surface area contributed by atoms with E-state index in [1.54, 1.807) is 0 Å². The molecule has 0 spiro atoms. The molecule has 1 fully saturated rings. The van der Waals surface area contributed by atoms with Gasteiger partial charge in [-0.2, -0.15) is 5.10 Å². The molecule has 2 rings (SSSR count). The maximum absolute atomic E-state index is 9.69. The smallest absolute Gasteiger partial charge is 0.157 e. The van der Waals surface area contributed by atoms with Crippen molar-refractivity contribution in [3.8, 4) is 5.75 Å². The normalized spacial score (nSPS) is 22.2. The van der Waals surface area contributed by atoms with Crippen molar-refractivity contribution < 1.29 is 9.84 Å². The van der Waals surface area contributed by atoms with Gasteiger partial charge in [0.25, 0.3) is 0 Å². The quantitative estimate of drug-likeness (QED) is 0.815. The fraction of sp³-hybridized carbons (Fsp3) is 0.727. The third kappa shape index (κ3) is 2.00. The Hall–Kier alpha value is -1.03. The molecule has 4 heteroatoms. The maximum Gasteiger partial charge on any atom is 0.157 e. The Morgan fingerprint density at radius 2 is 2.33 bits per heavy atom. The van der Waals surface area contributed by atoms with Gasteiger partial charge in [-0.3, -0.25) is 0 Å². The molecule has 0 radical (unpaired) electrons. The van der Waals surface area contributed by atoms with Gasteiger partial charge >= 0.3 is 0 Å². The van der Waals surface area contributed by atoms with Gasteiger partial charge in [-0.1, -0.05) is 13.8 Å². The van der Waals surface area contributed by atoms with E-state index in [0.717, 1.165) is 25.1 Å². The molecule has 4 nitrogen and oxygen atoms in total. The molecule has 1 aromatic heterocycles. The number of aromatic nitrogens is 2. The second-order valence-electron chi connectivity index (χ2n) is 4.34. The molecule has 2 heterocycles. The van der Waals surface area contributed by atoms with Gasteiger partial charge in [0.15, 0.2) is 12.0 Å². The summed E-state index contributed by atoms with van der Waals surface area (Å²) in [6.45, 7) is 4.90. The van der Waals surface area contributed by atoms with Crippen LogP contribution in [0, 0.1) is 0 Å². The number of nitrogens with zero attached hydrogens (tertiary/aromatic N) is 2. The fourth-order valence-corrected chi connectivity index (χ4v) is 2.07. The average Bonchev–Trinajstić information content (AvgIpc) is 2.61. The van der Waals surface area contributed by atoms with Crippen LogP contribution in [0.1, 0.15) is 50.9 Å². The zero-order valence-electron chi connectivity index (χ0n) is 9.31. The Labute approximate surface area is 89.9 Å². The lowest BCUT2D eigenvalue weighted by Gasteiger charge is -2.25. The topological polar surface area (TPSA) is 47.3 Å². The van der Waals surface area contributed by atoms with Crippen LogP contribution in [0.15, 0.2) is 6.20 Å². The average molecular weight is 210 g/mol. The minimum atomic E-state index is 0.0112. The summed E-state index contributed by atoms with van der Waals surface area (Å²) in [5, 5.41) is 13.9. The van der Waals surface area contributed by atoms with Gasteiger partial charge < -0.3 is 9.84 Å². The molecule has 0 aliphatic carbocycles. The third-order valence-corrected chi connectivity index (χ3v) is 2.79. The summed E-state index contributed by atoms with van der Waals surface area (Å²) >= 11 is 0. The van der Waals surface area contributed by atoms with Gasteiger partial charge in [0, 0.05) is 6.61 Å². The molecule has 0 bridgehead atoms. The summed E-state index contributed by atoms with van der Waals surface area (Å²) in [5.74, 6) is 0.539. The van der Waals surface area contributed by atoms with E-state index in [1.807, 2.05) is 4.68 Å². The summed E-state index contributed by atoms with van der Waals surface area (Å²) in [6.07, 6.45) is 4.80. The number of hydrogen-bond donors (Lipinski definition) is 1. The Morgan fingerprint density at radius 3 is 2.93 bits per heavy atom. The van der Waals surface area contributed by atoms with Crippen LogP contribution in [0.5, 0.6) is 5.75 Å². The second-order valence-corrected chi connectivity index (χ2v) is 4.34. The fourth-order valence-electron chi connectivity index (χ4n) is 2.07. The Morgan fingerprint density at radius 1 is 1.53 bits per heavy atom. The van der Waals surface area contributed by atoms with E-state index in [1.165, 1.54) is 12.6 Å². The lowest BCUT2D eigenvalue weighted by molar-refractivity contribution is -0.0416. The van der Waals surface area contributed by atoms with Gasteiger partial charge in [-0.15, -0.1) is 0 Å². The lowest BCUT2D eigenvalue weighted by Crippen LogP contribution is -2.21. The third-order valence-electron chi connectivity index (χ3n) is 2.79. The van der Waals surface area contributed by atoms with E-state index in [9.17, 15) is 5.11 Å². The van der Waals surface area contributed by atoms with Gasteiger partial charge in [0.05, 0.1) is 11.9 Å². The van der Waals surface area contributed by atoms with Crippen molar-refractivity contribution in [3.05, 3.63) is 11.9 Å². The first-order valence-electron chi connectivity index (χ1n) is 5.58. The molecule has 1 atom stereocenters. The van der Waals surface area contributed by atoms with E-state index in [4.69, 9.17) is 4.74 Å². The number of rotatable bonds is 2. The minimum absolute atomic E-state index is 0.0112. The van der Waals surface area contributed by atoms with E-state index >= 15 is 0 Å². The van der Waals surface area contributed by atoms with E-state index in [-0.39, 0.29) is 17.9 Å². The maximum atomic E-state index is 9.69. The van der Waals surface area contributed by atoms with Gasteiger partial charge in [-0.05, 0) is 25.2 Å². The number of ether oxygens (including phenoxy) is 1. The minimum Gasteiger partial charge on any atom is -0.504 e. The summed E-state index contributed by atoms with van der Waals surface area (Å²) in [5.41, 5.74) is 0.877. The monoisotopic (exact) mass is 210 g/mol. The van der Waals surface area contributed by atoms with Crippen LogP contribution in [-0.4, -0.2) is 21.5 Å². The first kappa shape index (κ1) is 10.5. The molecule has 0 amide bonds. The van der Waals surface area contributed by atoms with E-state index < -0.39 is 0 Å². The molecule has 15 heavy (non-hydrogen) atoms. The molecule has 84 valence electrons. The first-order chi connectivity index (χ1) is 7.20. The standard InChI is InChI=1S/C11H18N2O2/c1-8(2)11-9(14)7-12-13(11)10-5-3-4-6-15-10/h7-8,10,14H,3-6H2,1-2H3. The Kier molecular flexibility index (Phi) is 2.95. The predicted octanol–water partition coefficient (Wildman–Crippen LogP) is 2.41. The highest BCUT2D eigenvalue weighted by molar-refractivity contribution is 5.26. The van der Waals surface area contributed by atoms with Gasteiger partial charge in [-0.25, -0.2) is 4.68 Å². The largest absolute Gasteiger partial charge is 0.504 e. The first-order valence-corrected chi connectivity index (χ1v) is 5.58. The van der Waals surface area contributed by atoms with Crippen molar-refractivity contribution in [1.82, 2.24) is 9.78 Å². The molecule has 1 saturated heterocycles. The molecule has 1 aliphatic heterocycles. The Bertz CT molecular complexity index is 327. The predicted molar refractivity (Wildman–Crippen MR) is 56.8 cm³/mol. The van der Waals surface area contributed by atoms with Crippen molar-refractivity contribution in [2.24, 2.45) is 0 Å². The highest BCUT2D eigenvalue weighted by Crippen LogP contribution is 2.31. The molecule has 1 aromatic rings. The summed E-state index contributed by atoms with van der Waals surface area (Å²) in [6, 6.07) is 0. The lowest BCUT2D eigenvalue weighted by atomic mass is 10.1. The van der Waals surface area contributed by atoms with Crippen molar-refractivity contribution in [3.63, 3.8) is 0 Å². The summed E-state index contributed by atoms with van der Waals surface area (Å²) in [7, 11) is 0. The van der Waals surface area contributed by atoms with Crippen molar-refractivity contribution in [2.75, 3.05) is 6.61 Å². The van der Waals surface area contributed by atoms with Crippen LogP contribution in [0.2, 0.25) is 0 Å². The highest BCUT2D eigenvalue weighted by Gasteiger charge is 2.22. The summed E-state index contributed by atoms with van der Waals surface area (Å²) in [4.78, 5) is 0. The van der Waals surface area contributed by atoms with E-state index in [0.29, 0.717) is 0 Å². The molecule has 0 aromatic carbocycles. The molecular weight excluding hydrogens is 192 g/mol. The zero-order valence-corrected chi connectivity index (χ0v) is 9.31. The molecule has 0 saturated carbocycles. The van der Waals surface area contributed by atoms with Gasteiger partial charge in [0.2, 0.25) is 0 Å². The zero-order chi connectivity index (χ0) is 10.8. The SMILES string of the molecule is CC(C)c1c(O)cnn1C1CCCCO1. The van der Waals surface area contributed by atoms with Gasteiger partial charge in [0.1, 0.15) is 0 Å². The molecule has 1 unspecified atom stereocenters. The van der Waals surface area contributed by atoms with Crippen LogP contribution < -0.4 is 0 Å². The van der Waals surface area contributed by atoms with Crippen LogP contribution in [0.25, 0.3) is 0 Å².